The standard InChI is InChI=1S/C4H9NO.C3H7NO.H2/c1-3-4(6)5-2;1-2-4-3-5;/h3H2,1-2H3,(H,5,6);3H,2H2,1H3,(H,4,5);1H. The van der Waals surface area contributed by atoms with Crippen LogP contribution in [0.1, 0.15) is 21.7 Å². The summed E-state index contributed by atoms with van der Waals surface area (Å²) in [6.45, 7) is 4.41. The molecule has 0 saturated carbocycles. The molecule has 0 aliphatic heterocycles. The van der Waals surface area contributed by atoms with Crippen molar-refractivity contribution < 1.29 is 11.0 Å². The normalized spacial score (nSPS) is 7.18. The first kappa shape index (κ1) is 12.6. The van der Waals surface area contributed by atoms with Crippen LogP contribution in [-0.4, -0.2) is 25.9 Å². The van der Waals surface area contributed by atoms with Crippen LogP contribution < -0.4 is 10.6 Å². The van der Waals surface area contributed by atoms with Crippen molar-refractivity contribution in [2.45, 2.75) is 20.3 Å². The first-order valence-corrected chi connectivity index (χ1v) is 3.60. The van der Waals surface area contributed by atoms with E-state index in [-0.39, 0.29) is 7.33 Å². The summed E-state index contributed by atoms with van der Waals surface area (Å²) in [5.41, 5.74) is 0. The van der Waals surface area contributed by atoms with Crippen LogP contribution in [0.2, 0.25) is 0 Å². The highest BCUT2D eigenvalue weighted by Gasteiger charge is 1.84. The molecule has 0 aliphatic carbocycles. The number of nitrogens with one attached hydrogen (secondary N) is 2. The largest absolute Gasteiger partial charge is 0.359 e. The van der Waals surface area contributed by atoms with Crippen LogP contribution in [0.3, 0.4) is 0 Å². The van der Waals surface area contributed by atoms with Crippen LogP contribution in [0.5, 0.6) is 0 Å². The van der Waals surface area contributed by atoms with Crippen molar-refractivity contribution in [2.24, 2.45) is 0 Å². The smallest absolute Gasteiger partial charge is 0.219 e. The molecule has 2 amide bonds. The minimum Gasteiger partial charge on any atom is -0.359 e. The van der Waals surface area contributed by atoms with Gasteiger partial charge < -0.3 is 10.6 Å². The first-order chi connectivity index (χ1) is 5.22. The molecule has 0 atom stereocenters. The molecule has 0 saturated heterocycles. The van der Waals surface area contributed by atoms with Crippen molar-refractivity contribution >= 4 is 12.3 Å². The van der Waals surface area contributed by atoms with Gasteiger partial charge in [-0.15, -0.1) is 0 Å². The van der Waals surface area contributed by atoms with Gasteiger partial charge in [0, 0.05) is 21.4 Å². The average Bonchev–Trinajstić information content (AvgIpc) is 2.06. The zero-order chi connectivity index (χ0) is 9.11. The molecule has 0 aromatic rings. The van der Waals surface area contributed by atoms with E-state index in [9.17, 15) is 9.59 Å². The van der Waals surface area contributed by atoms with Crippen LogP contribution >= 0.6 is 0 Å². The molecule has 0 aromatic heterocycles. The van der Waals surface area contributed by atoms with E-state index in [0.29, 0.717) is 12.8 Å². The molecule has 0 fully saturated rings. The Bertz CT molecular complexity index is 104. The maximum atomic E-state index is 10.1. The second kappa shape index (κ2) is 11.7. The molecule has 4 nitrogen and oxygen atoms in total. The molecule has 0 bridgehead atoms. The van der Waals surface area contributed by atoms with E-state index in [1.54, 1.807) is 7.05 Å². The fourth-order valence-corrected chi connectivity index (χ4v) is 0.260. The summed E-state index contributed by atoms with van der Waals surface area (Å²) >= 11 is 0. The van der Waals surface area contributed by atoms with Crippen molar-refractivity contribution in [2.75, 3.05) is 13.6 Å². The fraction of sp³-hybridized carbons (Fsp3) is 0.714. The zero-order valence-corrected chi connectivity index (χ0v) is 7.31. The maximum Gasteiger partial charge on any atom is 0.219 e. The summed E-state index contributed by atoms with van der Waals surface area (Å²) in [5, 5.41) is 4.91. The summed E-state index contributed by atoms with van der Waals surface area (Å²) in [7, 11) is 1.63. The van der Waals surface area contributed by atoms with Crippen LogP contribution in [0.4, 0.5) is 0 Å². The second-order valence-electron chi connectivity index (χ2n) is 1.70. The van der Waals surface area contributed by atoms with Crippen LogP contribution in [0, 0.1) is 0 Å². The Kier molecular flexibility index (Phi) is 13.4. The molecular formula is C7H18N2O2. The van der Waals surface area contributed by atoms with E-state index >= 15 is 0 Å². The van der Waals surface area contributed by atoms with Gasteiger partial charge in [-0.05, 0) is 6.92 Å². The highest BCUT2D eigenvalue weighted by atomic mass is 16.1. The monoisotopic (exact) mass is 162 g/mol. The lowest BCUT2D eigenvalue weighted by Crippen LogP contribution is -2.15. The lowest BCUT2D eigenvalue weighted by atomic mass is 10.5. The van der Waals surface area contributed by atoms with Crippen LogP contribution in [0.25, 0.3) is 0 Å². The Hall–Kier alpha value is -1.06. The highest BCUT2D eigenvalue weighted by Crippen LogP contribution is 1.68. The quantitative estimate of drug-likeness (QED) is 0.580. The fourth-order valence-electron chi connectivity index (χ4n) is 0.260. The Balaban J connectivity index is -0.000000126. The first-order valence-electron chi connectivity index (χ1n) is 3.60. The summed E-state index contributed by atoms with van der Waals surface area (Å²) in [6.07, 6.45) is 1.26. The molecule has 0 unspecified atom stereocenters. The minimum atomic E-state index is 0. The van der Waals surface area contributed by atoms with E-state index in [1.807, 2.05) is 13.8 Å². The molecular weight excluding hydrogens is 144 g/mol. The van der Waals surface area contributed by atoms with Gasteiger partial charge in [0.05, 0.1) is 0 Å². The summed E-state index contributed by atoms with van der Waals surface area (Å²) in [5.74, 6) is 0.0926. The Labute approximate surface area is 68.8 Å². The third-order valence-corrected chi connectivity index (χ3v) is 0.887. The van der Waals surface area contributed by atoms with Gasteiger partial charge >= 0.3 is 0 Å². The number of carbonyl (C=O) groups is 2. The van der Waals surface area contributed by atoms with Gasteiger partial charge in [0.2, 0.25) is 12.3 Å². The Morgan fingerprint density at radius 1 is 1.55 bits per heavy atom. The highest BCUT2D eigenvalue weighted by molar-refractivity contribution is 5.74. The third-order valence-electron chi connectivity index (χ3n) is 0.887. The number of rotatable bonds is 3. The second-order valence-corrected chi connectivity index (χ2v) is 1.70. The van der Waals surface area contributed by atoms with Crippen molar-refractivity contribution in [3.8, 4) is 0 Å². The summed E-state index contributed by atoms with van der Waals surface area (Å²) in [6, 6.07) is 0. The molecule has 2 N–H and O–H groups in total. The van der Waals surface area contributed by atoms with Gasteiger partial charge in [-0.25, -0.2) is 0 Å². The van der Waals surface area contributed by atoms with Crippen molar-refractivity contribution in [1.82, 2.24) is 10.6 Å². The lowest BCUT2D eigenvalue weighted by molar-refractivity contribution is -0.120. The number of carbonyl (C=O) groups excluding carboxylic acids is 2. The topological polar surface area (TPSA) is 58.2 Å². The number of hydrogen-bond acceptors (Lipinski definition) is 2. The predicted molar refractivity (Wildman–Crippen MR) is 46.2 cm³/mol. The van der Waals surface area contributed by atoms with Crippen LogP contribution in [-0.2, 0) is 9.59 Å². The molecule has 0 spiro atoms. The van der Waals surface area contributed by atoms with Gasteiger partial charge in [-0.1, -0.05) is 6.92 Å². The molecule has 11 heavy (non-hydrogen) atoms. The summed E-state index contributed by atoms with van der Waals surface area (Å²) in [4.78, 5) is 19.4. The molecule has 0 heterocycles. The Morgan fingerprint density at radius 3 is 2.09 bits per heavy atom. The molecule has 0 aromatic carbocycles. The van der Waals surface area contributed by atoms with E-state index < -0.39 is 0 Å². The molecule has 0 rings (SSSR count). The number of hydrogen-bond donors (Lipinski definition) is 2. The number of amides is 2. The maximum absolute atomic E-state index is 10.1. The van der Waals surface area contributed by atoms with Gasteiger partial charge in [0.1, 0.15) is 0 Å². The summed E-state index contributed by atoms with van der Waals surface area (Å²) < 4.78 is 0. The SMILES string of the molecule is CCC(=O)NC.CCNC=O.[HH]. The molecule has 0 aliphatic rings. The van der Waals surface area contributed by atoms with Crippen molar-refractivity contribution in [3.63, 3.8) is 0 Å². The van der Waals surface area contributed by atoms with Gasteiger partial charge in [0.15, 0.2) is 0 Å². The molecule has 0 radical (unpaired) electrons. The lowest BCUT2D eigenvalue weighted by Gasteiger charge is -1.87. The van der Waals surface area contributed by atoms with E-state index in [1.165, 1.54) is 0 Å². The van der Waals surface area contributed by atoms with Crippen molar-refractivity contribution in [1.29, 1.82) is 0 Å². The van der Waals surface area contributed by atoms with Gasteiger partial charge in [0.25, 0.3) is 0 Å². The van der Waals surface area contributed by atoms with E-state index in [4.69, 9.17) is 0 Å². The predicted octanol–water partition coefficient (Wildman–Crippen LogP) is 0.141. The minimum absolute atomic E-state index is 0. The van der Waals surface area contributed by atoms with Crippen LogP contribution in [0.15, 0.2) is 0 Å². The Morgan fingerprint density at radius 2 is 2.09 bits per heavy atom. The van der Waals surface area contributed by atoms with Crippen molar-refractivity contribution in [3.05, 3.63) is 0 Å². The van der Waals surface area contributed by atoms with E-state index in [2.05, 4.69) is 10.6 Å². The zero-order valence-electron chi connectivity index (χ0n) is 7.31. The van der Waals surface area contributed by atoms with E-state index in [0.717, 1.165) is 6.54 Å². The molecule has 4 heteroatoms. The molecule has 68 valence electrons. The average molecular weight is 162 g/mol. The van der Waals surface area contributed by atoms with Gasteiger partial charge in [-0.2, -0.15) is 0 Å². The van der Waals surface area contributed by atoms with Gasteiger partial charge in [-0.3, -0.25) is 9.59 Å². The third kappa shape index (κ3) is 17.6.